The number of anilines is 1. The summed E-state index contributed by atoms with van der Waals surface area (Å²) in [7, 11) is 1.63. The molecule has 0 spiro atoms. The summed E-state index contributed by atoms with van der Waals surface area (Å²) in [5.74, 6) is 2.32. The maximum Gasteiger partial charge on any atom is 0.218 e. The van der Waals surface area contributed by atoms with Crippen LogP contribution in [0.25, 0.3) is 0 Å². The fraction of sp³-hybridized carbons (Fsp3) is 0.667. The minimum Gasteiger partial charge on any atom is -0.481 e. The number of methoxy groups -OCH3 is 1. The van der Waals surface area contributed by atoms with E-state index in [0.717, 1.165) is 30.1 Å². The normalized spacial score (nSPS) is 10.4. The number of aryl methyl sites for hydroxylation is 1. The van der Waals surface area contributed by atoms with E-state index in [1.54, 1.807) is 7.11 Å². The van der Waals surface area contributed by atoms with Crippen LogP contribution in [-0.2, 0) is 0 Å². The second-order valence-corrected chi connectivity index (χ2v) is 4.64. The van der Waals surface area contributed by atoms with Crippen molar-refractivity contribution in [2.24, 2.45) is 0 Å². The molecule has 0 saturated heterocycles. The van der Waals surface area contributed by atoms with Crippen LogP contribution in [0, 0.1) is 6.92 Å². The Kier molecular flexibility index (Phi) is 6.26. The summed E-state index contributed by atoms with van der Waals surface area (Å²) in [6.45, 7) is 6.04. The molecule has 0 bridgehead atoms. The maximum absolute atomic E-state index is 5.18. The highest BCUT2D eigenvalue weighted by atomic mass is 79.9. The van der Waals surface area contributed by atoms with Crippen LogP contribution < -0.4 is 9.64 Å². The van der Waals surface area contributed by atoms with Crippen LogP contribution in [0.5, 0.6) is 5.88 Å². The Hall–Kier alpha value is -0.840. The molecule has 4 nitrogen and oxygen atoms in total. The van der Waals surface area contributed by atoms with Crippen LogP contribution in [0.1, 0.15) is 25.6 Å². The number of rotatable bonds is 7. The van der Waals surface area contributed by atoms with Crippen LogP contribution in [-0.4, -0.2) is 35.5 Å². The highest BCUT2D eigenvalue weighted by molar-refractivity contribution is 9.09. The molecule has 0 saturated carbocycles. The third-order valence-corrected chi connectivity index (χ3v) is 2.82. The lowest BCUT2D eigenvalue weighted by molar-refractivity contribution is 0.395. The van der Waals surface area contributed by atoms with Gasteiger partial charge in [0.1, 0.15) is 11.6 Å². The van der Waals surface area contributed by atoms with Crippen molar-refractivity contribution in [3.05, 3.63) is 11.9 Å². The molecule has 0 fully saturated rings. The van der Waals surface area contributed by atoms with Crippen molar-refractivity contribution in [2.45, 2.75) is 26.7 Å². The zero-order valence-electron chi connectivity index (χ0n) is 10.7. The third kappa shape index (κ3) is 4.50. The Labute approximate surface area is 112 Å². The van der Waals surface area contributed by atoms with Gasteiger partial charge in [0.2, 0.25) is 5.88 Å². The Morgan fingerprint density at radius 1 is 1.35 bits per heavy atom. The van der Waals surface area contributed by atoms with Crippen molar-refractivity contribution in [1.82, 2.24) is 9.97 Å². The van der Waals surface area contributed by atoms with Crippen LogP contribution in [0.2, 0.25) is 0 Å². The summed E-state index contributed by atoms with van der Waals surface area (Å²) in [6, 6.07) is 1.89. The fourth-order valence-electron chi connectivity index (χ4n) is 1.58. The van der Waals surface area contributed by atoms with Gasteiger partial charge < -0.3 is 9.64 Å². The summed E-state index contributed by atoms with van der Waals surface area (Å²) < 4.78 is 5.18. The molecule has 0 aliphatic carbocycles. The standard InChI is InChI=1S/C12H20BrN3O/c1-4-5-7-16(8-6-13)11-9-12(17-3)15-10(2)14-11/h9H,4-8H2,1-3H3. The SMILES string of the molecule is CCCCN(CCBr)c1cc(OC)nc(C)n1. The van der Waals surface area contributed by atoms with Gasteiger partial charge in [-0.05, 0) is 13.3 Å². The zero-order valence-corrected chi connectivity index (χ0v) is 12.3. The predicted molar refractivity (Wildman–Crippen MR) is 74.2 cm³/mol. The summed E-state index contributed by atoms with van der Waals surface area (Å²) in [5.41, 5.74) is 0. The van der Waals surface area contributed by atoms with E-state index in [9.17, 15) is 0 Å². The van der Waals surface area contributed by atoms with Crippen LogP contribution >= 0.6 is 15.9 Å². The molecule has 0 aliphatic rings. The minimum absolute atomic E-state index is 0.628. The van der Waals surface area contributed by atoms with E-state index in [1.165, 1.54) is 12.8 Å². The van der Waals surface area contributed by atoms with E-state index in [2.05, 4.69) is 37.7 Å². The Morgan fingerprint density at radius 3 is 2.71 bits per heavy atom. The van der Waals surface area contributed by atoms with Gasteiger partial charge in [-0.1, -0.05) is 29.3 Å². The van der Waals surface area contributed by atoms with Gasteiger partial charge in [-0.3, -0.25) is 0 Å². The molecular weight excluding hydrogens is 282 g/mol. The summed E-state index contributed by atoms with van der Waals surface area (Å²) >= 11 is 3.48. The first kappa shape index (κ1) is 14.2. The van der Waals surface area contributed by atoms with Crippen LogP contribution in [0.3, 0.4) is 0 Å². The lowest BCUT2D eigenvalue weighted by Crippen LogP contribution is -2.27. The Bertz CT molecular complexity index is 347. The number of halogens is 1. The van der Waals surface area contributed by atoms with Crippen LogP contribution in [0.15, 0.2) is 6.07 Å². The van der Waals surface area contributed by atoms with Crippen molar-refractivity contribution in [2.75, 3.05) is 30.4 Å². The minimum atomic E-state index is 0.628. The topological polar surface area (TPSA) is 38.2 Å². The van der Waals surface area contributed by atoms with Gasteiger partial charge in [-0.2, -0.15) is 4.98 Å². The second-order valence-electron chi connectivity index (χ2n) is 3.85. The van der Waals surface area contributed by atoms with Crippen molar-refractivity contribution in [3.8, 4) is 5.88 Å². The molecule has 0 N–H and O–H groups in total. The molecule has 5 heteroatoms. The first-order valence-electron chi connectivity index (χ1n) is 5.91. The van der Waals surface area contributed by atoms with Gasteiger partial charge in [0.25, 0.3) is 0 Å². The molecule has 0 unspecified atom stereocenters. The summed E-state index contributed by atoms with van der Waals surface area (Å²) in [6.07, 6.45) is 2.35. The van der Waals surface area contributed by atoms with Gasteiger partial charge in [0.05, 0.1) is 7.11 Å². The molecule has 0 aromatic carbocycles. The number of aromatic nitrogens is 2. The second kappa shape index (κ2) is 7.48. The molecule has 0 radical (unpaired) electrons. The summed E-state index contributed by atoms with van der Waals surface area (Å²) in [4.78, 5) is 10.9. The lowest BCUT2D eigenvalue weighted by Gasteiger charge is -2.23. The Balaban J connectivity index is 2.87. The largest absolute Gasteiger partial charge is 0.481 e. The smallest absolute Gasteiger partial charge is 0.218 e. The van der Waals surface area contributed by atoms with Gasteiger partial charge >= 0.3 is 0 Å². The van der Waals surface area contributed by atoms with Crippen molar-refractivity contribution in [1.29, 1.82) is 0 Å². The molecule has 96 valence electrons. The molecule has 1 aromatic rings. The highest BCUT2D eigenvalue weighted by Crippen LogP contribution is 2.17. The number of alkyl halides is 1. The van der Waals surface area contributed by atoms with E-state index in [4.69, 9.17) is 4.74 Å². The first-order chi connectivity index (χ1) is 8.21. The zero-order chi connectivity index (χ0) is 12.7. The van der Waals surface area contributed by atoms with E-state index in [1.807, 2.05) is 13.0 Å². The van der Waals surface area contributed by atoms with Crippen molar-refractivity contribution >= 4 is 21.7 Å². The van der Waals surface area contributed by atoms with Gasteiger partial charge in [0.15, 0.2) is 0 Å². The monoisotopic (exact) mass is 301 g/mol. The fourth-order valence-corrected chi connectivity index (χ4v) is 2.01. The quantitative estimate of drug-likeness (QED) is 0.726. The van der Waals surface area contributed by atoms with Crippen molar-refractivity contribution in [3.63, 3.8) is 0 Å². The maximum atomic E-state index is 5.18. The molecule has 1 rings (SSSR count). The average Bonchev–Trinajstić information content (AvgIpc) is 2.33. The molecule has 0 atom stereocenters. The van der Waals surface area contributed by atoms with Crippen LogP contribution in [0.4, 0.5) is 5.82 Å². The average molecular weight is 302 g/mol. The number of hydrogen-bond acceptors (Lipinski definition) is 4. The van der Waals surface area contributed by atoms with Gasteiger partial charge in [-0.25, -0.2) is 4.98 Å². The number of ether oxygens (including phenoxy) is 1. The van der Waals surface area contributed by atoms with Gasteiger partial charge in [0, 0.05) is 24.5 Å². The summed E-state index contributed by atoms with van der Waals surface area (Å²) in [5, 5.41) is 0.933. The first-order valence-corrected chi connectivity index (χ1v) is 7.04. The third-order valence-electron chi connectivity index (χ3n) is 2.47. The van der Waals surface area contributed by atoms with Gasteiger partial charge in [-0.15, -0.1) is 0 Å². The van der Waals surface area contributed by atoms with E-state index >= 15 is 0 Å². The van der Waals surface area contributed by atoms with Crippen molar-refractivity contribution < 1.29 is 4.74 Å². The number of unbranched alkanes of at least 4 members (excludes halogenated alkanes) is 1. The molecule has 0 aliphatic heterocycles. The molecular formula is C12H20BrN3O. The highest BCUT2D eigenvalue weighted by Gasteiger charge is 2.09. The predicted octanol–water partition coefficient (Wildman–Crippen LogP) is 2.80. The number of nitrogens with zero attached hydrogens (tertiary/aromatic N) is 3. The Morgan fingerprint density at radius 2 is 2.12 bits per heavy atom. The molecule has 17 heavy (non-hydrogen) atoms. The number of hydrogen-bond donors (Lipinski definition) is 0. The molecule has 1 heterocycles. The molecule has 1 aromatic heterocycles. The molecule has 0 amide bonds. The van der Waals surface area contributed by atoms with E-state index < -0.39 is 0 Å². The van der Waals surface area contributed by atoms with E-state index in [0.29, 0.717) is 5.88 Å². The van der Waals surface area contributed by atoms with E-state index in [-0.39, 0.29) is 0 Å². The lowest BCUT2D eigenvalue weighted by atomic mass is 10.3.